The number of hydrogen-bond acceptors (Lipinski definition) is 4. The van der Waals surface area contributed by atoms with E-state index in [9.17, 15) is 4.39 Å². The van der Waals surface area contributed by atoms with Gasteiger partial charge in [0.15, 0.2) is 17.5 Å². The van der Waals surface area contributed by atoms with Gasteiger partial charge in [-0.25, -0.2) is 4.39 Å². The van der Waals surface area contributed by atoms with Gasteiger partial charge in [0, 0.05) is 20.1 Å². The van der Waals surface area contributed by atoms with Crippen LogP contribution in [0.4, 0.5) is 4.39 Å². The van der Waals surface area contributed by atoms with Crippen molar-refractivity contribution in [3.8, 4) is 17.2 Å². The highest BCUT2D eigenvalue weighted by atomic mass is 79.9. The molecule has 0 aromatic heterocycles. The Labute approximate surface area is 166 Å². The zero-order valence-corrected chi connectivity index (χ0v) is 17.3. The zero-order valence-electron chi connectivity index (χ0n) is 15.7. The lowest BCUT2D eigenvalue weighted by molar-refractivity contribution is 0.323. The summed E-state index contributed by atoms with van der Waals surface area (Å²) in [5, 5.41) is 6.36. The van der Waals surface area contributed by atoms with E-state index in [-0.39, 0.29) is 5.82 Å². The minimum Gasteiger partial charge on any atom is -0.493 e. The highest BCUT2D eigenvalue weighted by Gasteiger charge is 2.13. The molecule has 0 radical (unpaired) electrons. The molecule has 2 rings (SSSR count). The summed E-state index contributed by atoms with van der Waals surface area (Å²) in [6.07, 6.45) is 0. The van der Waals surface area contributed by atoms with Gasteiger partial charge in [-0.05, 0) is 51.3 Å². The first-order valence-corrected chi connectivity index (χ1v) is 8.99. The number of nitrogens with one attached hydrogen (secondary N) is 2. The number of rotatable bonds is 7. The van der Waals surface area contributed by atoms with Crippen molar-refractivity contribution in [2.45, 2.75) is 13.1 Å². The summed E-state index contributed by atoms with van der Waals surface area (Å²) in [6, 6.07) is 8.73. The third-order valence-corrected chi connectivity index (χ3v) is 4.50. The molecular weight excluding hydrogens is 417 g/mol. The Bertz CT molecular complexity index is 790. The van der Waals surface area contributed by atoms with Crippen LogP contribution in [0.1, 0.15) is 11.1 Å². The van der Waals surface area contributed by atoms with Crippen molar-refractivity contribution < 1.29 is 18.6 Å². The zero-order chi connectivity index (χ0) is 19.8. The molecule has 0 amide bonds. The number of methoxy groups -OCH3 is 3. The van der Waals surface area contributed by atoms with Crippen molar-refractivity contribution >= 4 is 21.9 Å². The van der Waals surface area contributed by atoms with Gasteiger partial charge in [0.2, 0.25) is 5.75 Å². The molecule has 0 aliphatic carbocycles. The van der Waals surface area contributed by atoms with Crippen LogP contribution in [0.5, 0.6) is 17.2 Å². The second-order valence-electron chi connectivity index (χ2n) is 5.56. The highest BCUT2D eigenvalue weighted by Crippen LogP contribution is 2.38. The Morgan fingerprint density at radius 3 is 2.04 bits per heavy atom. The van der Waals surface area contributed by atoms with Crippen LogP contribution in [0.2, 0.25) is 0 Å². The third-order valence-electron chi connectivity index (χ3n) is 3.85. The molecule has 0 spiro atoms. The molecule has 27 heavy (non-hydrogen) atoms. The minimum absolute atomic E-state index is 0.297. The molecule has 2 aromatic rings. The van der Waals surface area contributed by atoms with E-state index < -0.39 is 0 Å². The number of benzene rings is 2. The molecule has 146 valence electrons. The van der Waals surface area contributed by atoms with Gasteiger partial charge >= 0.3 is 0 Å². The van der Waals surface area contributed by atoms with Crippen LogP contribution >= 0.6 is 15.9 Å². The summed E-state index contributed by atoms with van der Waals surface area (Å²) in [5.74, 6) is 2.01. The molecule has 2 N–H and O–H groups in total. The minimum atomic E-state index is -0.297. The average Bonchev–Trinajstić information content (AvgIpc) is 2.69. The normalized spacial score (nSPS) is 11.1. The van der Waals surface area contributed by atoms with Gasteiger partial charge < -0.3 is 24.8 Å². The van der Waals surface area contributed by atoms with E-state index in [0.29, 0.717) is 40.8 Å². The van der Waals surface area contributed by atoms with E-state index in [1.165, 1.54) is 6.07 Å². The first-order valence-electron chi connectivity index (χ1n) is 8.19. The fraction of sp³-hybridized carbons (Fsp3) is 0.316. The number of aliphatic imine (C=N–C) groups is 1. The monoisotopic (exact) mass is 439 g/mol. The lowest BCUT2D eigenvalue weighted by atomic mass is 10.2. The SMILES string of the molecule is CN=C(NCc1ccc(Br)c(F)c1)NCc1cc(OC)c(OC)c(OC)c1. The van der Waals surface area contributed by atoms with Crippen LogP contribution in [0, 0.1) is 5.82 Å². The maximum Gasteiger partial charge on any atom is 0.203 e. The van der Waals surface area contributed by atoms with Crippen LogP contribution in [-0.4, -0.2) is 34.3 Å². The average molecular weight is 440 g/mol. The van der Waals surface area contributed by atoms with Crippen LogP contribution in [-0.2, 0) is 13.1 Å². The predicted octanol–water partition coefficient (Wildman–Crippen LogP) is 3.48. The predicted molar refractivity (Wildman–Crippen MR) is 107 cm³/mol. The van der Waals surface area contributed by atoms with E-state index >= 15 is 0 Å². The molecule has 6 nitrogen and oxygen atoms in total. The lowest BCUT2D eigenvalue weighted by Crippen LogP contribution is -2.36. The van der Waals surface area contributed by atoms with Gasteiger partial charge in [-0.2, -0.15) is 0 Å². The summed E-state index contributed by atoms with van der Waals surface area (Å²) >= 11 is 3.15. The second-order valence-corrected chi connectivity index (χ2v) is 6.42. The van der Waals surface area contributed by atoms with E-state index in [1.54, 1.807) is 34.4 Å². The summed E-state index contributed by atoms with van der Waals surface area (Å²) < 4.78 is 30.1. The van der Waals surface area contributed by atoms with Crippen molar-refractivity contribution in [3.63, 3.8) is 0 Å². The Balaban J connectivity index is 2.02. The molecule has 0 fully saturated rings. The van der Waals surface area contributed by atoms with Gasteiger partial charge in [0.1, 0.15) is 5.82 Å². The van der Waals surface area contributed by atoms with Crippen molar-refractivity contribution in [2.75, 3.05) is 28.4 Å². The smallest absolute Gasteiger partial charge is 0.203 e. The second kappa shape index (κ2) is 10.0. The molecular formula is C19H23BrFN3O3. The van der Waals surface area contributed by atoms with Gasteiger partial charge in [-0.1, -0.05) is 6.07 Å². The van der Waals surface area contributed by atoms with E-state index in [1.807, 2.05) is 18.2 Å². The Hall–Kier alpha value is -2.48. The fourth-order valence-electron chi connectivity index (χ4n) is 2.48. The number of nitrogens with zero attached hydrogens (tertiary/aromatic N) is 1. The summed E-state index contributed by atoms with van der Waals surface area (Å²) in [7, 11) is 6.39. The third kappa shape index (κ3) is 5.50. The topological polar surface area (TPSA) is 64.1 Å². The number of halogens is 2. The van der Waals surface area contributed by atoms with E-state index in [2.05, 4.69) is 31.6 Å². The van der Waals surface area contributed by atoms with Crippen LogP contribution in [0.15, 0.2) is 39.8 Å². The summed E-state index contributed by atoms with van der Waals surface area (Å²) in [4.78, 5) is 4.18. The molecule has 0 bridgehead atoms. The van der Waals surface area contributed by atoms with Crippen molar-refractivity contribution in [3.05, 3.63) is 51.7 Å². The standard InChI is InChI=1S/C19H23BrFN3O3/c1-22-19(23-10-12-5-6-14(20)15(21)7-12)24-11-13-8-16(25-2)18(27-4)17(9-13)26-3/h5-9H,10-11H2,1-4H3,(H2,22,23,24). The summed E-state index contributed by atoms with van der Waals surface area (Å²) in [5.41, 5.74) is 1.74. The number of hydrogen-bond donors (Lipinski definition) is 2. The molecule has 0 saturated heterocycles. The van der Waals surface area contributed by atoms with Gasteiger partial charge in [-0.15, -0.1) is 0 Å². The van der Waals surface area contributed by atoms with Crippen molar-refractivity contribution in [2.24, 2.45) is 4.99 Å². The number of guanidine groups is 1. The van der Waals surface area contributed by atoms with Crippen LogP contribution < -0.4 is 24.8 Å². The van der Waals surface area contributed by atoms with Gasteiger partial charge in [-0.3, -0.25) is 4.99 Å². The first kappa shape index (κ1) is 20.8. The quantitative estimate of drug-likeness (QED) is 0.510. The molecule has 0 aliphatic heterocycles. The summed E-state index contributed by atoms with van der Waals surface area (Å²) in [6.45, 7) is 0.935. The van der Waals surface area contributed by atoms with E-state index in [4.69, 9.17) is 14.2 Å². The molecule has 0 heterocycles. The Morgan fingerprint density at radius 2 is 1.56 bits per heavy atom. The highest BCUT2D eigenvalue weighted by molar-refractivity contribution is 9.10. The molecule has 2 aromatic carbocycles. The maximum atomic E-state index is 13.6. The first-order chi connectivity index (χ1) is 13.0. The van der Waals surface area contributed by atoms with Crippen molar-refractivity contribution in [1.82, 2.24) is 10.6 Å². The fourth-order valence-corrected chi connectivity index (χ4v) is 2.73. The largest absolute Gasteiger partial charge is 0.493 e. The Kier molecular flexibility index (Phi) is 7.72. The maximum absolute atomic E-state index is 13.6. The molecule has 0 saturated carbocycles. The van der Waals surface area contributed by atoms with Gasteiger partial charge in [0.25, 0.3) is 0 Å². The van der Waals surface area contributed by atoms with Crippen LogP contribution in [0.3, 0.4) is 0 Å². The Morgan fingerprint density at radius 1 is 0.963 bits per heavy atom. The lowest BCUT2D eigenvalue weighted by Gasteiger charge is -2.16. The van der Waals surface area contributed by atoms with E-state index in [0.717, 1.165) is 11.1 Å². The molecule has 8 heteroatoms. The van der Waals surface area contributed by atoms with Crippen molar-refractivity contribution in [1.29, 1.82) is 0 Å². The molecule has 0 atom stereocenters. The number of ether oxygens (including phenoxy) is 3. The molecule has 0 unspecified atom stereocenters. The van der Waals surface area contributed by atoms with Gasteiger partial charge in [0.05, 0.1) is 25.8 Å². The molecule has 0 aliphatic rings. The van der Waals surface area contributed by atoms with Crippen LogP contribution in [0.25, 0.3) is 0 Å².